The third-order valence-electron chi connectivity index (χ3n) is 4.16. The molecule has 0 bridgehead atoms. The van der Waals surface area contributed by atoms with Gasteiger partial charge >= 0.3 is 0 Å². The van der Waals surface area contributed by atoms with Crippen molar-refractivity contribution in [3.05, 3.63) is 103 Å². The zero-order valence-corrected chi connectivity index (χ0v) is 13.5. The fraction of sp³-hybridized carbons (Fsp3) is 0. The molecule has 0 N–H and O–H groups in total. The van der Waals surface area contributed by atoms with Crippen molar-refractivity contribution in [2.75, 3.05) is 0 Å². The van der Waals surface area contributed by atoms with Crippen molar-refractivity contribution >= 4 is 0 Å². The zero-order chi connectivity index (χ0) is 17.1. The number of hydrogen-bond donors (Lipinski definition) is 0. The van der Waals surface area contributed by atoms with Gasteiger partial charge in [0.2, 0.25) is 5.69 Å². The van der Waals surface area contributed by atoms with Crippen molar-refractivity contribution in [3.8, 4) is 33.6 Å². The van der Waals surface area contributed by atoms with Crippen LogP contribution in [-0.4, -0.2) is 4.98 Å². The lowest BCUT2D eigenvalue weighted by atomic mass is 10.0. The summed E-state index contributed by atoms with van der Waals surface area (Å²) in [7, 11) is 0. The first-order chi connectivity index (χ1) is 12.3. The molecule has 0 unspecified atom stereocenters. The Hall–Kier alpha value is -3.46. The minimum atomic E-state index is 0.541. The average Bonchev–Trinajstić information content (AvgIpc) is 2.70. The average molecular weight is 324 g/mol. The van der Waals surface area contributed by atoms with Crippen molar-refractivity contribution in [1.29, 1.82) is 0 Å². The fourth-order valence-corrected chi connectivity index (χ4v) is 2.87. The second-order valence-corrected chi connectivity index (χ2v) is 5.79. The Morgan fingerprint density at radius 3 is 1.88 bits per heavy atom. The molecule has 0 radical (unpaired) electrons. The molecule has 3 nitrogen and oxygen atoms in total. The predicted molar refractivity (Wildman–Crippen MR) is 99.5 cm³/mol. The molecule has 0 aliphatic rings. The van der Waals surface area contributed by atoms with E-state index < -0.39 is 0 Å². The maximum atomic E-state index is 12.3. The standard InChI is InChI=1S/C22H16N2O/c25-24-14-12-20(18-9-5-2-6-10-18)16-22(24)21-15-19(11-13-23-21)17-7-3-1-4-8-17/h1-16H. The molecule has 0 spiro atoms. The summed E-state index contributed by atoms with van der Waals surface area (Å²) in [5.41, 5.74) is 5.41. The van der Waals surface area contributed by atoms with Gasteiger partial charge in [0.15, 0.2) is 6.20 Å². The summed E-state index contributed by atoms with van der Waals surface area (Å²) in [6.45, 7) is 0. The van der Waals surface area contributed by atoms with E-state index in [2.05, 4.69) is 4.98 Å². The fourth-order valence-electron chi connectivity index (χ4n) is 2.87. The van der Waals surface area contributed by atoms with Crippen LogP contribution in [0.1, 0.15) is 0 Å². The van der Waals surface area contributed by atoms with E-state index in [1.165, 1.54) is 6.20 Å². The van der Waals surface area contributed by atoms with Crippen LogP contribution in [0.2, 0.25) is 0 Å². The van der Waals surface area contributed by atoms with Gasteiger partial charge in [-0.3, -0.25) is 0 Å². The minimum absolute atomic E-state index is 0.541. The van der Waals surface area contributed by atoms with Gasteiger partial charge < -0.3 is 5.21 Å². The third-order valence-corrected chi connectivity index (χ3v) is 4.16. The summed E-state index contributed by atoms with van der Waals surface area (Å²) in [6.07, 6.45) is 3.28. The molecule has 0 atom stereocenters. The van der Waals surface area contributed by atoms with Gasteiger partial charge in [-0.25, -0.2) is 4.98 Å². The predicted octanol–water partition coefficient (Wildman–Crippen LogP) is 4.72. The van der Waals surface area contributed by atoms with Crippen LogP contribution >= 0.6 is 0 Å². The van der Waals surface area contributed by atoms with E-state index in [1.54, 1.807) is 6.20 Å². The third kappa shape index (κ3) is 3.12. The van der Waals surface area contributed by atoms with Crippen molar-refractivity contribution < 1.29 is 4.73 Å². The van der Waals surface area contributed by atoms with Gasteiger partial charge in [0.25, 0.3) is 0 Å². The summed E-state index contributed by atoms with van der Waals surface area (Å²) < 4.78 is 0.865. The van der Waals surface area contributed by atoms with E-state index in [1.807, 2.05) is 84.9 Å². The normalized spacial score (nSPS) is 10.6. The number of aromatic nitrogens is 2. The van der Waals surface area contributed by atoms with Crippen molar-refractivity contribution in [3.63, 3.8) is 0 Å². The Balaban J connectivity index is 1.80. The maximum Gasteiger partial charge on any atom is 0.242 e. The Labute approximate surface area is 146 Å². The molecule has 2 heterocycles. The van der Waals surface area contributed by atoms with Crippen LogP contribution in [0.3, 0.4) is 0 Å². The van der Waals surface area contributed by atoms with Crippen LogP contribution < -0.4 is 4.73 Å². The first kappa shape index (κ1) is 15.1. The summed E-state index contributed by atoms with van der Waals surface area (Å²) in [5.74, 6) is 0. The second kappa shape index (κ2) is 6.57. The second-order valence-electron chi connectivity index (χ2n) is 5.79. The SMILES string of the molecule is [O-][n+]1ccc(-c2ccccc2)cc1-c1cc(-c2ccccc2)ccn1. The molecule has 2 aromatic heterocycles. The van der Waals surface area contributed by atoms with E-state index in [0.717, 1.165) is 27.0 Å². The topological polar surface area (TPSA) is 39.8 Å². The highest BCUT2D eigenvalue weighted by Crippen LogP contribution is 2.25. The number of benzene rings is 2. The molecule has 2 aromatic carbocycles. The first-order valence-electron chi connectivity index (χ1n) is 8.12. The van der Waals surface area contributed by atoms with Crippen molar-refractivity contribution in [2.24, 2.45) is 0 Å². The molecule has 25 heavy (non-hydrogen) atoms. The Morgan fingerprint density at radius 1 is 0.640 bits per heavy atom. The molecule has 0 saturated carbocycles. The Morgan fingerprint density at radius 2 is 1.24 bits per heavy atom. The molecule has 0 fully saturated rings. The van der Waals surface area contributed by atoms with Crippen LogP contribution in [0.15, 0.2) is 97.3 Å². The molecule has 3 heteroatoms. The van der Waals surface area contributed by atoms with Gasteiger partial charge in [0, 0.05) is 18.3 Å². The molecule has 0 aliphatic carbocycles. The number of nitrogens with zero attached hydrogens (tertiary/aromatic N) is 2. The smallest absolute Gasteiger partial charge is 0.242 e. The molecular formula is C22H16N2O. The molecule has 4 aromatic rings. The van der Waals surface area contributed by atoms with Crippen molar-refractivity contribution in [1.82, 2.24) is 4.98 Å². The van der Waals surface area contributed by atoms with E-state index >= 15 is 0 Å². The number of pyridine rings is 2. The Bertz CT molecular complexity index is 999. The van der Waals surface area contributed by atoms with Crippen LogP contribution in [0, 0.1) is 5.21 Å². The van der Waals surface area contributed by atoms with Gasteiger partial charge in [-0.2, -0.15) is 4.73 Å². The highest BCUT2D eigenvalue weighted by atomic mass is 16.5. The molecule has 4 rings (SSSR count). The van der Waals surface area contributed by atoms with Gasteiger partial charge in [-0.1, -0.05) is 60.7 Å². The van der Waals surface area contributed by atoms with Gasteiger partial charge in [-0.15, -0.1) is 0 Å². The summed E-state index contributed by atoms with van der Waals surface area (Å²) in [5, 5.41) is 12.3. The summed E-state index contributed by atoms with van der Waals surface area (Å²) >= 11 is 0. The molecule has 120 valence electrons. The number of rotatable bonds is 3. The van der Waals surface area contributed by atoms with E-state index in [9.17, 15) is 5.21 Å². The zero-order valence-electron chi connectivity index (χ0n) is 13.5. The highest BCUT2D eigenvalue weighted by molar-refractivity contribution is 5.71. The molecule has 0 amide bonds. The molecular weight excluding hydrogens is 308 g/mol. The summed E-state index contributed by atoms with van der Waals surface area (Å²) in [4.78, 5) is 4.41. The molecule has 0 aliphatic heterocycles. The first-order valence-corrected chi connectivity index (χ1v) is 8.12. The van der Waals surface area contributed by atoms with Gasteiger partial charge in [0.1, 0.15) is 5.69 Å². The Kier molecular flexibility index (Phi) is 3.97. The lowest BCUT2D eigenvalue weighted by Crippen LogP contribution is -2.28. The quantitative estimate of drug-likeness (QED) is 0.404. The largest absolute Gasteiger partial charge is 0.618 e. The highest BCUT2D eigenvalue weighted by Gasteiger charge is 2.13. The van der Waals surface area contributed by atoms with Crippen molar-refractivity contribution in [2.45, 2.75) is 0 Å². The van der Waals surface area contributed by atoms with E-state index in [0.29, 0.717) is 11.4 Å². The van der Waals surface area contributed by atoms with Gasteiger partial charge in [0.05, 0.1) is 0 Å². The lowest BCUT2D eigenvalue weighted by molar-refractivity contribution is -0.593. The molecule has 0 saturated heterocycles. The van der Waals surface area contributed by atoms with Crippen LogP contribution in [-0.2, 0) is 0 Å². The van der Waals surface area contributed by atoms with E-state index in [-0.39, 0.29) is 0 Å². The summed E-state index contributed by atoms with van der Waals surface area (Å²) in [6, 6.07) is 27.7. The monoisotopic (exact) mass is 324 g/mol. The maximum absolute atomic E-state index is 12.3. The van der Waals surface area contributed by atoms with E-state index in [4.69, 9.17) is 0 Å². The lowest BCUT2D eigenvalue weighted by Gasteiger charge is -2.08. The number of hydrogen-bond acceptors (Lipinski definition) is 2. The van der Waals surface area contributed by atoms with Crippen LogP contribution in [0.4, 0.5) is 0 Å². The van der Waals surface area contributed by atoms with Crippen LogP contribution in [0.25, 0.3) is 33.6 Å². The minimum Gasteiger partial charge on any atom is -0.618 e. The van der Waals surface area contributed by atoms with Crippen LogP contribution in [0.5, 0.6) is 0 Å². The van der Waals surface area contributed by atoms with Gasteiger partial charge in [-0.05, 0) is 34.4 Å².